The molecule has 0 aromatic carbocycles. The van der Waals surface area contributed by atoms with Crippen LogP contribution in [0.4, 0.5) is 0 Å². The van der Waals surface area contributed by atoms with Crippen LogP contribution in [0.1, 0.15) is 76.6 Å². The number of hydrogen-bond acceptors (Lipinski definition) is 8. The number of carbonyl (C=O) groups excluding carboxylic acids is 3. The van der Waals surface area contributed by atoms with E-state index in [4.69, 9.17) is 15.9 Å². The van der Waals surface area contributed by atoms with Crippen LogP contribution in [-0.4, -0.2) is 53.1 Å². The molecule has 1 aromatic heterocycles. The fraction of sp³-hybridized carbons (Fsp3) is 0.750. The molecule has 0 saturated heterocycles. The molecule has 0 aliphatic rings. The summed E-state index contributed by atoms with van der Waals surface area (Å²) in [5.41, 5.74) is 11.0. The summed E-state index contributed by atoms with van der Waals surface area (Å²) in [5.74, 6) is -0.310. The van der Waals surface area contributed by atoms with E-state index in [0.717, 1.165) is 32.1 Å². The molecule has 11 heteroatoms. The molecule has 11 nitrogen and oxygen atoms in total. The fourth-order valence-corrected chi connectivity index (χ4v) is 2.89. The zero-order valence-corrected chi connectivity index (χ0v) is 18.8. The Morgan fingerprint density at radius 1 is 0.871 bits per heavy atom. The Hall–Kier alpha value is -2.53. The molecule has 0 aliphatic heterocycles. The zero-order valence-electron chi connectivity index (χ0n) is 18.8. The van der Waals surface area contributed by atoms with Crippen molar-refractivity contribution in [2.75, 3.05) is 13.1 Å². The molecular formula is C20H37N7O4. The first kappa shape index (κ1) is 26.5. The third-order valence-corrected chi connectivity index (χ3v) is 4.73. The first-order valence-corrected chi connectivity index (χ1v) is 10.9. The summed E-state index contributed by atoms with van der Waals surface area (Å²) in [4.78, 5) is 36.9. The van der Waals surface area contributed by atoms with E-state index in [2.05, 4.69) is 26.1 Å². The molecule has 3 amide bonds. The number of hydrogen-bond donors (Lipinski definition) is 5. The first-order valence-electron chi connectivity index (χ1n) is 10.9. The Morgan fingerprint density at radius 2 is 1.48 bits per heavy atom. The molecule has 0 spiro atoms. The Labute approximate surface area is 183 Å². The number of carbonyl (C=O) groups is 3. The first-order chi connectivity index (χ1) is 14.8. The van der Waals surface area contributed by atoms with E-state index >= 15 is 0 Å². The van der Waals surface area contributed by atoms with Crippen LogP contribution in [0, 0.1) is 6.92 Å². The van der Waals surface area contributed by atoms with Crippen LogP contribution in [0.2, 0.25) is 0 Å². The van der Waals surface area contributed by atoms with E-state index in [1.54, 1.807) is 20.8 Å². The van der Waals surface area contributed by atoms with Crippen molar-refractivity contribution in [3.8, 4) is 0 Å². The minimum absolute atomic E-state index is 0.205. The summed E-state index contributed by atoms with van der Waals surface area (Å²) < 4.78 is 5.46. The SMILES string of the molecule is Cc1nnc([C@H](CCCCN)NC(=O)[C@H](C)NC(=O)[C@H](C)NC(=O)CCCCCN)o1. The summed E-state index contributed by atoms with van der Waals surface area (Å²) in [7, 11) is 0. The van der Waals surface area contributed by atoms with Gasteiger partial charge in [-0.1, -0.05) is 6.42 Å². The molecule has 0 bridgehead atoms. The number of aryl methyl sites for hydroxylation is 1. The lowest BCUT2D eigenvalue weighted by Crippen LogP contribution is -2.52. The van der Waals surface area contributed by atoms with Crippen molar-refractivity contribution in [1.29, 1.82) is 0 Å². The molecule has 176 valence electrons. The van der Waals surface area contributed by atoms with Crippen molar-refractivity contribution in [2.24, 2.45) is 11.5 Å². The molecule has 0 aliphatic carbocycles. The number of unbranched alkanes of at least 4 members (excludes halogenated alkanes) is 3. The van der Waals surface area contributed by atoms with Crippen molar-refractivity contribution in [3.05, 3.63) is 11.8 Å². The largest absolute Gasteiger partial charge is 0.423 e. The highest BCUT2D eigenvalue weighted by Gasteiger charge is 2.25. The standard InChI is InChI=1S/C20H37N7O4/c1-13(23-17(28)10-5-4-7-11-21)18(29)24-14(2)19(30)25-16(9-6-8-12-22)20-27-26-15(3)31-20/h13-14,16H,4-12,21-22H2,1-3H3,(H,23,28)(H,24,29)(H,25,30)/t13-,14-,16-/m0/s1. The van der Waals surface area contributed by atoms with Gasteiger partial charge in [0.05, 0.1) is 0 Å². The Morgan fingerprint density at radius 3 is 2.10 bits per heavy atom. The fourth-order valence-electron chi connectivity index (χ4n) is 2.89. The predicted octanol–water partition coefficient (Wildman–Crippen LogP) is 0.193. The summed E-state index contributed by atoms with van der Waals surface area (Å²) in [6.07, 6.45) is 4.95. The van der Waals surface area contributed by atoms with Crippen LogP contribution in [-0.2, 0) is 14.4 Å². The van der Waals surface area contributed by atoms with Crippen LogP contribution in [0.3, 0.4) is 0 Å². The Balaban J connectivity index is 2.53. The third kappa shape index (κ3) is 10.4. The molecule has 0 fully saturated rings. The van der Waals surface area contributed by atoms with Gasteiger partial charge >= 0.3 is 0 Å². The molecule has 7 N–H and O–H groups in total. The maximum absolute atomic E-state index is 12.6. The predicted molar refractivity (Wildman–Crippen MR) is 116 cm³/mol. The maximum Gasteiger partial charge on any atom is 0.242 e. The quantitative estimate of drug-likeness (QED) is 0.240. The van der Waals surface area contributed by atoms with Gasteiger partial charge in [-0.05, 0) is 59.0 Å². The second kappa shape index (κ2) is 14.5. The average Bonchev–Trinajstić information content (AvgIpc) is 3.16. The molecule has 0 saturated carbocycles. The van der Waals surface area contributed by atoms with Gasteiger partial charge < -0.3 is 31.8 Å². The molecule has 0 unspecified atom stereocenters. The number of rotatable bonds is 15. The van der Waals surface area contributed by atoms with Gasteiger partial charge in [-0.3, -0.25) is 14.4 Å². The van der Waals surface area contributed by atoms with Gasteiger partial charge in [0.15, 0.2) is 0 Å². The highest BCUT2D eigenvalue weighted by atomic mass is 16.4. The normalized spacial score (nSPS) is 13.8. The highest BCUT2D eigenvalue weighted by Crippen LogP contribution is 2.18. The smallest absolute Gasteiger partial charge is 0.242 e. The van der Waals surface area contributed by atoms with Gasteiger partial charge in [-0.2, -0.15) is 0 Å². The molecule has 3 atom stereocenters. The molecule has 31 heavy (non-hydrogen) atoms. The zero-order chi connectivity index (χ0) is 23.2. The van der Waals surface area contributed by atoms with Crippen LogP contribution >= 0.6 is 0 Å². The van der Waals surface area contributed by atoms with E-state index in [1.165, 1.54) is 0 Å². The van der Waals surface area contributed by atoms with Crippen molar-refractivity contribution in [3.63, 3.8) is 0 Å². The van der Waals surface area contributed by atoms with Gasteiger partial charge in [0, 0.05) is 13.3 Å². The van der Waals surface area contributed by atoms with E-state index in [9.17, 15) is 14.4 Å². The molecule has 1 rings (SSSR count). The highest BCUT2D eigenvalue weighted by molar-refractivity contribution is 5.91. The lowest BCUT2D eigenvalue weighted by molar-refractivity contribution is -0.131. The van der Waals surface area contributed by atoms with Crippen molar-refractivity contribution in [2.45, 2.75) is 83.8 Å². The van der Waals surface area contributed by atoms with Gasteiger partial charge in [0.25, 0.3) is 0 Å². The molecule has 1 aromatic rings. The van der Waals surface area contributed by atoms with Gasteiger partial charge in [-0.15, -0.1) is 10.2 Å². The Bertz CT molecular complexity index is 695. The molecule has 0 radical (unpaired) electrons. The Kier molecular flexibility index (Phi) is 12.4. The van der Waals surface area contributed by atoms with Crippen LogP contribution in [0.25, 0.3) is 0 Å². The second-order valence-corrected chi connectivity index (χ2v) is 7.62. The lowest BCUT2D eigenvalue weighted by Gasteiger charge is -2.21. The summed E-state index contributed by atoms with van der Waals surface area (Å²) in [6, 6.07) is -2.03. The number of aromatic nitrogens is 2. The van der Waals surface area contributed by atoms with Crippen LogP contribution in [0.5, 0.6) is 0 Å². The summed E-state index contributed by atoms with van der Waals surface area (Å²) in [5, 5.41) is 15.9. The number of amides is 3. The molecular weight excluding hydrogens is 402 g/mol. The summed E-state index contributed by atoms with van der Waals surface area (Å²) >= 11 is 0. The van der Waals surface area contributed by atoms with Gasteiger partial charge in [0.2, 0.25) is 29.5 Å². The number of nitrogens with two attached hydrogens (primary N) is 2. The number of nitrogens with zero attached hydrogens (tertiary/aromatic N) is 2. The number of nitrogens with one attached hydrogen (secondary N) is 3. The third-order valence-electron chi connectivity index (χ3n) is 4.73. The average molecular weight is 440 g/mol. The van der Waals surface area contributed by atoms with E-state index in [0.29, 0.717) is 37.7 Å². The van der Waals surface area contributed by atoms with E-state index in [-0.39, 0.29) is 11.8 Å². The van der Waals surface area contributed by atoms with Gasteiger partial charge in [0.1, 0.15) is 18.1 Å². The maximum atomic E-state index is 12.6. The topological polar surface area (TPSA) is 178 Å². The molecule has 1 heterocycles. The monoisotopic (exact) mass is 439 g/mol. The minimum atomic E-state index is -0.808. The second-order valence-electron chi connectivity index (χ2n) is 7.62. The lowest BCUT2D eigenvalue weighted by atomic mass is 10.1. The van der Waals surface area contributed by atoms with Crippen molar-refractivity contribution < 1.29 is 18.8 Å². The van der Waals surface area contributed by atoms with Crippen molar-refractivity contribution >= 4 is 17.7 Å². The minimum Gasteiger partial charge on any atom is -0.423 e. The van der Waals surface area contributed by atoms with Gasteiger partial charge in [-0.25, -0.2) is 0 Å². The van der Waals surface area contributed by atoms with Crippen LogP contribution in [0.15, 0.2) is 4.42 Å². The van der Waals surface area contributed by atoms with E-state index < -0.39 is 24.0 Å². The summed E-state index contributed by atoms with van der Waals surface area (Å²) in [6.45, 7) is 5.97. The van der Waals surface area contributed by atoms with Crippen LogP contribution < -0.4 is 27.4 Å². The van der Waals surface area contributed by atoms with Crippen molar-refractivity contribution in [1.82, 2.24) is 26.1 Å². The van der Waals surface area contributed by atoms with E-state index in [1.807, 2.05) is 0 Å².